The first-order valence-corrected chi connectivity index (χ1v) is 11.6. The van der Waals surface area contributed by atoms with Gasteiger partial charge >= 0.3 is 12.1 Å². The summed E-state index contributed by atoms with van der Waals surface area (Å²) in [5.41, 5.74) is 4.68. The van der Waals surface area contributed by atoms with E-state index in [4.69, 9.17) is 9.84 Å². The van der Waals surface area contributed by atoms with Gasteiger partial charge in [0.05, 0.1) is 5.92 Å². The number of carbonyl (C=O) groups excluding carboxylic acids is 2. The van der Waals surface area contributed by atoms with Crippen molar-refractivity contribution < 1.29 is 24.2 Å². The molecule has 7 heteroatoms. The number of hydrogen-bond acceptors (Lipinski definition) is 4. The summed E-state index contributed by atoms with van der Waals surface area (Å²) >= 11 is 0. The molecule has 1 fully saturated rings. The van der Waals surface area contributed by atoms with Gasteiger partial charge in [-0.25, -0.2) is 4.79 Å². The molecule has 0 saturated heterocycles. The van der Waals surface area contributed by atoms with E-state index < -0.39 is 12.1 Å². The summed E-state index contributed by atoms with van der Waals surface area (Å²) < 4.78 is 5.52. The first-order chi connectivity index (χ1) is 15.9. The van der Waals surface area contributed by atoms with Gasteiger partial charge in [-0.2, -0.15) is 0 Å². The molecule has 1 saturated carbocycles. The number of amides is 2. The van der Waals surface area contributed by atoms with E-state index >= 15 is 0 Å². The van der Waals surface area contributed by atoms with E-state index in [1.165, 1.54) is 11.1 Å². The molecular weight excluding hydrogens is 420 g/mol. The lowest BCUT2D eigenvalue weighted by molar-refractivity contribution is -0.141. The van der Waals surface area contributed by atoms with Gasteiger partial charge in [-0.05, 0) is 47.9 Å². The molecule has 0 radical (unpaired) electrons. The van der Waals surface area contributed by atoms with E-state index in [9.17, 15) is 14.4 Å². The van der Waals surface area contributed by atoms with Crippen molar-refractivity contribution in [1.82, 2.24) is 10.6 Å². The van der Waals surface area contributed by atoms with Crippen LogP contribution in [0.15, 0.2) is 48.5 Å². The van der Waals surface area contributed by atoms with E-state index in [1.807, 2.05) is 24.3 Å². The highest BCUT2D eigenvalue weighted by molar-refractivity contribution is 5.80. The van der Waals surface area contributed by atoms with E-state index in [0.29, 0.717) is 32.2 Å². The SMILES string of the molecule is CC(CCNC(=O)OCC1c2ccccc2-c2ccccc21)C(=O)N[C@@H]1CC[C@H](C(=O)O)C1. The molecule has 7 nitrogen and oxygen atoms in total. The minimum atomic E-state index is -0.799. The molecule has 0 bridgehead atoms. The Labute approximate surface area is 193 Å². The van der Waals surface area contributed by atoms with Gasteiger partial charge in [0.15, 0.2) is 0 Å². The fourth-order valence-corrected chi connectivity index (χ4v) is 4.85. The molecular formula is C26H30N2O5. The normalized spacial score (nSPS) is 19.9. The number of carboxylic acid groups (broad SMARTS) is 1. The quantitative estimate of drug-likeness (QED) is 0.565. The fraction of sp³-hybridized carbons (Fsp3) is 0.423. The van der Waals surface area contributed by atoms with Crippen LogP contribution in [0.4, 0.5) is 4.79 Å². The third-order valence-corrected chi connectivity index (χ3v) is 6.77. The highest BCUT2D eigenvalue weighted by atomic mass is 16.5. The molecule has 2 aromatic carbocycles. The van der Waals surface area contributed by atoms with E-state index in [1.54, 1.807) is 6.92 Å². The molecule has 2 aromatic rings. The van der Waals surface area contributed by atoms with Gasteiger partial charge < -0.3 is 20.5 Å². The Hall–Kier alpha value is -3.35. The largest absolute Gasteiger partial charge is 0.481 e. The number of hydrogen-bond donors (Lipinski definition) is 3. The van der Waals surface area contributed by atoms with Crippen LogP contribution in [-0.2, 0) is 14.3 Å². The monoisotopic (exact) mass is 450 g/mol. The third kappa shape index (κ3) is 5.18. The molecule has 3 atom stereocenters. The zero-order valence-electron chi connectivity index (χ0n) is 18.8. The van der Waals surface area contributed by atoms with Crippen LogP contribution < -0.4 is 10.6 Å². The van der Waals surface area contributed by atoms with Gasteiger partial charge in [0.1, 0.15) is 6.61 Å². The van der Waals surface area contributed by atoms with Crippen molar-refractivity contribution in [1.29, 1.82) is 0 Å². The number of nitrogens with one attached hydrogen (secondary N) is 2. The molecule has 1 unspecified atom stereocenters. The van der Waals surface area contributed by atoms with Crippen molar-refractivity contribution in [3.63, 3.8) is 0 Å². The van der Waals surface area contributed by atoms with Crippen LogP contribution >= 0.6 is 0 Å². The third-order valence-electron chi connectivity index (χ3n) is 6.77. The van der Waals surface area contributed by atoms with Crippen LogP contribution in [0.1, 0.15) is 49.7 Å². The molecule has 4 rings (SSSR count). The number of fused-ring (bicyclic) bond motifs is 3. The Balaban J connectivity index is 1.20. The summed E-state index contributed by atoms with van der Waals surface area (Å²) in [6.07, 6.45) is 1.74. The lowest BCUT2D eigenvalue weighted by atomic mass is 9.98. The van der Waals surface area contributed by atoms with E-state index in [-0.39, 0.29) is 36.3 Å². The molecule has 0 aromatic heterocycles. The average molecular weight is 451 g/mol. The smallest absolute Gasteiger partial charge is 0.407 e. The van der Waals surface area contributed by atoms with Gasteiger partial charge in [0, 0.05) is 24.4 Å². The summed E-state index contributed by atoms with van der Waals surface area (Å²) in [7, 11) is 0. The van der Waals surface area contributed by atoms with Crippen molar-refractivity contribution in [2.75, 3.05) is 13.2 Å². The van der Waals surface area contributed by atoms with Gasteiger partial charge in [-0.3, -0.25) is 9.59 Å². The maximum atomic E-state index is 12.4. The molecule has 33 heavy (non-hydrogen) atoms. The molecule has 2 aliphatic carbocycles. The zero-order chi connectivity index (χ0) is 23.4. The predicted octanol–water partition coefficient (Wildman–Crippen LogP) is 3.92. The van der Waals surface area contributed by atoms with Gasteiger partial charge in [0.25, 0.3) is 0 Å². The number of alkyl carbamates (subject to hydrolysis) is 1. The summed E-state index contributed by atoms with van der Waals surface area (Å²) in [6, 6.07) is 16.3. The Kier molecular flexibility index (Phi) is 6.96. The number of carbonyl (C=O) groups is 3. The minimum absolute atomic E-state index is 0.00823. The first-order valence-electron chi connectivity index (χ1n) is 11.6. The summed E-state index contributed by atoms with van der Waals surface area (Å²) in [5.74, 6) is -1.56. The second kappa shape index (κ2) is 10.1. The van der Waals surface area contributed by atoms with Crippen molar-refractivity contribution in [2.45, 2.75) is 44.6 Å². The molecule has 2 aliphatic rings. The number of aliphatic carboxylic acids is 1. The molecule has 0 heterocycles. The van der Waals surface area contributed by atoms with Crippen LogP contribution in [0, 0.1) is 11.8 Å². The van der Waals surface area contributed by atoms with E-state index in [2.05, 4.69) is 34.9 Å². The Bertz CT molecular complexity index is 991. The maximum absolute atomic E-state index is 12.4. The van der Waals surface area contributed by atoms with Crippen molar-refractivity contribution in [3.05, 3.63) is 59.7 Å². The Morgan fingerprint density at radius 3 is 2.27 bits per heavy atom. The minimum Gasteiger partial charge on any atom is -0.481 e. The van der Waals surface area contributed by atoms with Gasteiger partial charge in [-0.1, -0.05) is 55.5 Å². The Morgan fingerprint density at radius 1 is 1.03 bits per heavy atom. The lowest BCUT2D eigenvalue weighted by Crippen LogP contribution is -2.38. The number of benzene rings is 2. The second-order valence-electron chi connectivity index (χ2n) is 9.00. The van der Waals surface area contributed by atoms with Crippen molar-refractivity contribution in [3.8, 4) is 11.1 Å². The number of ether oxygens (including phenoxy) is 1. The molecule has 0 aliphatic heterocycles. The van der Waals surface area contributed by atoms with Crippen LogP contribution in [0.3, 0.4) is 0 Å². The zero-order valence-corrected chi connectivity index (χ0v) is 18.8. The van der Waals surface area contributed by atoms with Crippen LogP contribution in [0.5, 0.6) is 0 Å². The summed E-state index contributed by atoms with van der Waals surface area (Å²) in [4.78, 5) is 35.7. The second-order valence-corrected chi connectivity index (χ2v) is 9.00. The number of rotatable bonds is 8. The highest BCUT2D eigenvalue weighted by Gasteiger charge is 2.31. The van der Waals surface area contributed by atoms with Crippen molar-refractivity contribution >= 4 is 18.0 Å². The highest BCUT2D eigenvalue weighted by Crippen LogP contribution is 2.44. The predicted molar refractivity (Wildman–Crippen MR) is 124 cm³/mol. The molecule has 0 spiro atoms. The van der Waals surface area contributed by atoms with Crippen molar-refractivity contribution in [2.24, 2.45) is 11.8 Å². The molecule has 174 valence electrons. The Morgan fingerprint density at radius 2 is 1.67 bits per heavy atom. The molecule has 3 N–H and O–H groups in total. The fourth-order valence-electron chi connectivity index (χ4n) is 4.85. The van der Waals surface area contributed by atoms with E-state index in [0.717, 1.165) is 11.1 Å². The average Bonchev–Trinajstić information content (AvgIpc) is 3.40. The lowest BCUT2D eigenvalue weighted by Gasteiger charge is -2.17. The standard InChI is InChI=1S/C26H30N2O5/c1-16(24(29)28-18-11-10-17(14-18)25(30)31)12-13-27-26(32)33-15-23-21-8-4-2-6-19(21)20-7-3-5-9-22(20)23/h2-9,16-18,23H,10-15H2,1H3,(H,27,32)(H,28,29)(H,30,31)/t16?,17-,18+/m0/s1. The summed E-state index contributed by atoms with van der Waals surface area (Å²) in [5, 5.41) is 14.8. The van der Waals surface area contributed by atoms with Crippen LogP contribution in [0.25, 0.3) is 11.1 Å². The first kappa shape index (κ1) is 22.8. The number of carboxylic acids is 1. The van der Waals surface area contributed by atoms with Gasteiger partial charge in [-0.15, -0.1) is 0 Å². The maximum Gasteiger partial charge on any atom is 0.407 e. The topological polar surface area (TPSA) is 105 Å². The van der Waals surface area contributed by atoms with Crippen LogP contribution in [-0.4, -0.2) is 42.3 Å². The molecule has 2 amide bonds. The van der Waals surface area contributed by atoms with Gasteiger partial charge in [0.2, 0.25) is 5.91 Å². The summed E-state index contributed by atoms with van der Waals surface area (Å²) in [6.45, 7) is 2.38. The van der Waals surface area contributed by atoms with Crippen LogP contribution in [0.2, 0.25) is 0 Å².